The number of benzene rings is 1. The standard InChI is InChI=1S/C17H23BFNO3S/c1-11(21)24-10-13(9-12-7-6-8-14(20)15(12)19)18-22-16(2,3)17(4,5)23-18/h6-9H,10,20H2,1-5H3. The van der Waals surface area contributed by atoms with Gasteiger partial charge in [0.15, 0.2) is 10.9 Å². The van der Waals surface area contributed by atoms with Crippen LogP contribution in [0.15, 0.2) is 23.7 Å². The second-order valence-electron chi connectivity index (χ2n) is 6.84. The fourth-order valence-corrected chi connectivity index (χ4v) is 2.83. The first-order valence-electron chi connectivity index (χ1n) is 7.77. The summed E-state index contributed by atoms with van der Waals surface area (Å²) < 4.78 is 26.3. The van der Waals surface area contributed by atoms with Crippen LogP contribution >= 0.6 is 11.8 Å². The second kappa shape index (κ2) is 6.90. The molecule has 0 aliphatic carbocycles. The Hall–Kier alpha value is -1.31. The molecule has 2 N–H and O–H groups in total. The van der Waals surface area contributed by atoms with E-state index in [9.17, 15) is 9.18 Å². The highest BCUT2D eigenvalue weighted by Gasteiger charge is 2.52. The molecule has 0 bridgehead atoms. The van der Waals surface area contributed by atoms with Crippen molar-refractivity contribution in [2.75, 3.05) is 11.5 Å². The molecular weight excluding hydrogens is 328 g/mol. The van der Waals surface area contributed by atoms with Gasteiger partial charge >= 0.3 is 7.12 Å². The number of thioether (sulfide) groups is 1. The fourth-order valence-electron chi connectivity index (χ4n) is 2.24. The molecule has 24 heavy (non-hydrogen) atoms. The molecule has 130 valence electrons. The Morgan fingerprint density at radius 2 is 1.88 bits per heavy atom. The van der Waals surface area contributed by atoms with Crippen LogP contribution in [0.3, 0.4) is 0 Å². The van der Waals surface area contributed by atoms with Gasteiger partial charge in [-0.25, -0.2) is 4.39 Å². The van der Waals surface area contributed by atoms with Gasteiger partial charge in [-0.3, -0.25) is 4.79 Å². The van der Waals surface area contributed by atoms with Gasteiger partial charge in [-0.1, -0.05) is 30.0 Å². The summed E-state index contributed by atoms with van der Waals surface area (Å²) in [5.74, 6) is -0.125. The second-order valence-corrected chi connectivity index (χ2v) is 7.99. The summed E-state index contributed by atoms with van der Waals surface area (Å²) in [5.41, 5.74) is 5.74. The van der Waals surface area contributed by atoms with Crippen molar-refractivity contribution in [2.45, 2.75) is 45.8 Å². The van der Waals surface area contributed by atoms with E-state index >= 15 is 0 Å². The largest absolute Gasteiger partial charge is 0.491 e. The van der Waals surface area contributed by atoms with Crippen LogP contribution in [0, 0.1) is 5.82 Å². The Balaban J connectivity index is 2.37. The van der Waals surface area contributed by atoms with Gasteiger partial charge in [-0.05, 0) is 39.2 Å². The highest BCUT2D eigenvalue weighted by molar-refractivity contribution is 8.13. The maximum atomic E-state index is 14.2. The van der Waals surface area contributed by atoms with Gasteiger partial charge in [0.25, 0.3) is 0 Å². The smallest absolute Gasteiger partial charge is 0.400 e. The molecule has 1 aliphatic heterocycles. The number of nitrogen functional groups attached to an aromatic ring is 1. The summed E-state index contributed by atoms with van der Waals surface area (Å²) in [6.07, 6.45) is 1.66. The van der Waals surface area contributed by atoms with E-state index in [0.29, 0.717) is 16.8 Å². The number of halogens is 1. The normalized spacial score (nSPS) is 19.6. The molecule has 1 heterocycles. The third kappa shape index (κ3) is 4.02. The zero-order valence-electron chi connectivity index (χ0n) is 14.7. The van der Waals surface area contributed by atoms with Gasteiger partial charge in [0.05, 0.1) is 16.9 Å². The predicted octanol–water partition coefficient (Wildman–Crippen LogP) is 3.70. The van der Waals surface area contributed by atoms with Gasteiger partial charge < -0.3 is 15.0 Å². The maximum Gasteiger partial charge on any atom is 0.491 e. The number of carbonyl (C=O) groups excluding carboxylic acids is 1. The molecule has 0 aromatic heterocycles. The quantitative estimate of drug-likeness (QED) is 0.662. The average Bonchev–Trinajstić information content (AvgIpc) is 2.67. The third-order valence-electron chi connectivity index (χ3n) is 4.40. The van der Waals surface area contributed by atoms with E-state index in [1.165, 1.54) is 13.0 Å². The van der Waals surface area contributed by atoms with Gasteiger partial charge in [0, 0.05) is 18.2 Å². The molecule has 0 amide bonds. The molecule has 1 aromatic rings. The van der Waals surface area contributed by atoms with Crippen LogP contribution in [0.4, 0.5) is 10.1 Å². The first-order chi connectivity index (χ1) is 11.0. The van der Waals surface area contributed by atoms with Crippen molar-refractivity contribution in [2.24, 2.45) is 0 Å². The van der Waals surface area contributed by atoms with Crippen LogP contribution in [0.5, 0.6) is 0 Å². The molecule has 1 fully saturated rings. The first-order valence-corrected chi connectivity index (χ1v) is 8.75. The molecule has 1 saturated heterocycles. The summed E-state index contributed by atoms with van der Waals surface area (Å²) in [6, 6.07) is 4.82. The number of carbonyl (C=O) groups is 1. The molecule has 0 unspecified atom stereocenters. The number of nitrogens with two attached hydrogens (primary N) is 1. The Labute approximate surface area is 147 Å². The number of anilines is 1. The number of hydrogen-bond acceptors (Lipinski definition) is 5. The van der Waals surface area contributed by atoms with Crippen molar-refractivity contribution >= 4 is 35.8 Å². The van der Waals surface area contributed by atoms with E-state index in [1.807, 2.05) is 27.7 Å². The van der Waals surface area contributed by atoms with Crippen molar-refractivity contribution in [3.63, 3.8) is 0 Å². The fraction of sp³-hybridized carbons (Fsp3) is 0.471. The van der Waals surface area contributed by atoms with E-state index in [0.717, 1.165) is 11.8 Å². The van der Waals surface area contributed by atoms with Crippen molar-refractivity contribution < 1.29 is 18.5 Å². The Bertz CT molecular complexity index is 660. The van der Waals surface area contributed by atoms with Crippen LogP contribution in [-0.4, -0.2) is 29.2 Å². The molecule has 0 atom stereocenters. The van der Waals surface area contributed by atoms with Crippen LogP contribution in [0.25, 0.3) is 6.08 Å². The lowest BCUT2D eigenvalue weighted by molar-refractivity contribution is -0.109. The van der Waals surface area contributed by atoms with Gasteiger partial charge in [0.1, 0.15) is 0 Å². The number of rotatable bonds is 4. The van der Waals surface area contributed by atoms with E-state index in [2.05, 4.69) is 0 Å². The van der Waals surface area contributed by atoms with Crippen LogP contribution in [0.1, 0.15) is 40.2 Å². The van der Waals surface area contributed by atoms with Gasteiger partial charge in [-0.2, -0.15) is 0 Å². The van der Waals surface area contributed by atoms with Crippen molar-refractivity contribution in [3.05, 3.63) is 35.1 Å². The van der Waals surface area contributed by atoms with Crippen LogP contribution in [-0.2, 0) is 14.1 Å². The zero-order valence-corrected chi connectivity index (χ0v) is 15.5. The molecule has 0 radical (unpaired) electrons. The van der Waals surface area contributed by atoms with Crippen molar-refractivity contribution in [1.29, 1.82) is 0 Å². The lowest BCUT2D eigenvalue weighted by Gasteiger charge is -2.32. The average molecular weight is 351 g/mol. The topological polar surface area (TPSA) is 61.6 Å². The third-order valence-corrected chi connectivity index (χ3v) is 5.28. The van der Waals surface area contributed by atoms with E-state index in [-0.39, 0.29) is 10.8 Å². The number of hydrogen-bond donors (Lipinski definition) is 1. The molecule has 0 spiro atoms. The Kier molecular flexibility index (Phi) is 5.47. The minimum absolute atomic E-state index is 0.0227. The van der Waals surface area contributed by atoms with Crippen molar-refractivity contribution in [1.82, 2.24) is 0 Å². The first kappa shape index (κ1) is 19.0. The zero-order chi connectivity index (χ0) is 18.1. The summed E-state index contributed by atoms with van der Waals surface area (Å²) >= 11 is 1.13. The lowest BCUT2D eigenvalue weighted by Crippen LogP contribution is -2.41. The van der Waals surface area contributed by atoms with Crippen LogP contribution < -0.4 is 5.73 Å². The molecular formula is C17H23BFNO3S. The monoisotopic (exact) mass is 351 g/mol. The summed E-state index contributed by atoms with van der Waals surface area (Å²) in [6.45, 7) is 9.29. The molecule has 0 saturated carbocycles. The van der Waals surface area contributed by atoms with E-state index in [4.69, 9.17) is 15.0 Å². The van der Waals surface area contributed by atoms with Crippen LogP contribution in [0.2, 0.25) is 0 Å². The van der Waals surface area contributed by atoms with Gasteiger partial charge in [-0.15, -0.1) is 0 Å². The molecule has 4 nitrogen and oxygen atoms in total. The molecule has 1 aromatic carbocycles. The van der Waals surface area contributed by atoms with Gasteiger partial charge in [0.2, 0.25) is 0 Å². The highest BCUT2D eigenvalue weighted by atomic mass is 32.2. The minimum atomic E-state index is -0.636. The van der Waals surface area contributed by atoms with E-state index in [1.54, 1.807) is 18.2 Å². The minimum Gasteiger partial charge on any atom is -0.400 e. The van der Waals surface area contributed by atoms with E-state index < -0.39 is 24.1 Å². The molecule has 2 rings (SSSR count). The molecule has 7 heteroatoms. The maximum absolute atomic E-state index is 14.2. The highest BCUT2D eigenvalue weighted by Crippen LogP contribution is 2.39. The Morgan fingerprint density at radius 1 is 1.29 bits per heavy atom. The van der Waals surface area contributed by atoms with Crippen molar-refractivity contribution in [3.8, 4) is 0 Å². The Morgan fingerprint density at radius 3 is 2.42 bits per heavy atom. The summed E-state index contributed by atoms with van der Waals surface area (Å²) in [7, 11) is -0.636. The summed E-state index contributed by atoms with van der Waals surface area (Å²) in [5, 5.41) is -0.0227. The SMILES string of the molecule is CC(=O)SCC(=Cc1cccc(N)c1F)B1OC(C)(C)C(C)(C)O1. The lowest BCUT2D eigenvalue weighted by atomic mass is 9.78. The summed E-state index contributed by atoms with van der Waals surface area (Å²) in [4.78, 5) is 11.4. The molecule has 1 aliphatic rings. The predicted molar refractivity (Wildman–Crippen MR) is 98.0 cm³/mol.